The molecule has 1 saturated heterocycles. The first kappa shape index (κ1) is 22.3. The molecule has 1 fully saturated rings. The summed E-state index contributed by atoms with van der Waals surface area (Å²) >= 11 is 0. The number of morpholine rings is 1. The lowest BCUT2D eigenvalue weighted by molar-refractivity contribution is -0.387. The van der Waals surface area contributed by atoms with E-state index >= 15 is 0 Å². The fourth-order valence-electron chi connectivity index (χ4n) is 3.28. The predicted octanol–water partition coefficient (Wildman–Crippen LogP) is 2.25. The summed E-state index contributed by atoms with van der Waals surface area (Å²) in [5.74, 6) is -2.86. The van der Waals surface area contributed by atoms with E-state index in [1.807, 2.05) is 30.3 Å². The molecule has 2 aromatic carbocycles. The molecular formula is C21H23FN4O5. The predicted molar refractivity (Wildman–Crippen MR) is 111 cm³/mol. The second-order valence-electron chi connectivity index (χ2n) is 7.06. The first-order valence-corrected chi connectivity index (χ1v) is 9.86. The van der Waals surface area contributed by atoms with Gasteiger partial charge in [0.1, 0.15) is 0 Å². The van der Waals surface area contributed by atoms with Crippen molar-refractivity contribution in [2.75, 3.05) is 38.1 Å². The zero-order chi connectivity index (χ0) is 22.2. The van der Waals surface area contributed by atoms with Crippen LogP contribution in [0.3, 0.4) is 0 Å². The summed E-state index contributed by atoms with van der Waals surface area (Å²) in [6, 6.07) is 12.8. The van der Waals surface area contributed by atoms with E-state index in [4.69, 9.17) is 4.74 Å². The highest BCUT2D eigenvalue weighted by molar-refractivity contribution is 6.39. The second-order valence-corrected chi connectivity index (χ2v) is 7.06. The van der Waals surface area contributed by atoms with E-state index in [1.54, 1.807) is 0 Å². The quantitative estimate of drug-likeness (QED) is 0.301. The molecule has 9 nitrogen and oxygen atoms in total. The molecule has 10 heteroatoms. The van der Waals surface area contributed by atoms with E-state index in [0.29, 0.717) is 19.6 Å². The van der Waals surface area contributed by atoms with Crippen LogP contribution in [0.2, 0.25) is 0 Å². The van der Waals surface area contributed by atoms with E-state index in [0.717, 1.165) is 43.4 Å². The molecule has 0 saturated carbocycles. The molecule has 0 spiro atoms. The van der Waals surface area contributed by atoms with Gasteiger partial charge in [0, 0.05) is 37.9 Å². The van der Waals surface area contributed by atoms with Crippen LogP contribution in [0.1, 0.15) is 18.1 Å². The Hall–Kier alpha value is -3.37. The van der Waals surface area contributed by atoms with Gasteiger partial charge in [0.2, 0.25) is 5.82 Å². The Kier molecular flexibility index (Phi) is 7.63. The van der Waals surface area contributed by atoms with Crippen LogP contribution in [0.25, 0.3) is 0 Å². The number of halogens is 1. The number of anilines is 1. The van der Waals surface area contributed by atoms with Gasteiger partial charge in [0.25, 0.3) is 0 Å². The smallest absolute Gasteiger partial charge is 0.313 e. The number of carbonyl (C=O) groups is 2. The van der Waals surface area contributed by atoms with Crippen LogP contribution < -0.4 is 10.6 Å². The van der Waals surface area contributed by atoms with E-state index in [1.165, 1.54) is 0 Å². The summed E-state index contributed by atoms with van der Waals surface area (Å²) in [4.78, 5) is 36.0. The molecule has 0 radical (unpaired) electrons. The number of nitrogens with zero attached hydrogens (tertiary/aromatic N) is 2. The highest BCUT2D eigenvalue weighted by Crippen LogP contribution is 2.22. The summed E-state index contributed by atoms with van der Waals surface area (Å²) in [6.07, 6.45) is 0.651. The third-order valence-electron chi connectivity index (χ3n) is 4.87. The minimum Gasteiger partial charge on any atom is -0.371 e. The van der Waals surface area contributed by atoms with Gasteiger partial charge >= 0.3 is 17.5 Å². The van der Waals surface area contributed by atoms with E-state index < -0.39 is 28.2 Å². The Balaban J connectivity index is 1.40. The largest absolute Gasteiger partial charge is 0.371 e. The topological polar surface area (TPSA) is 114 Å². The van der Waals surface area contributed by atoms with Crippen molar-refractivity contribution in [3.63, 3.8) is 0 Å². The van der Waals surface area contributed by atoms with Gasteiger partial charge in [-0.25, -0.2) is 0 Å². The number of nitro groups is 1. The first-order valence-electron chi connectivity index (χ1n) is 9.86. The maximum absolute atomic E-state index is 13.4. The lowest BCUT2D eigenvalue weighted by Crippen LogP contribution is -2.41. The number of amides is 2. The van der Waals surface area contributed by atoms with Crippen LogP contribution >= 0.6 is 0 Å². The Morgan fingerprint density at radius 2 is 1.97 bits per heavy atom. The number of rotatable bonds is 7. The van der Waals surface area contributed by atoms with Crippen molar-refractivity contribution in [3.05, 3.63) is 70.0 Å². The van der Waals surface area contributed by atoms with Gasteiger partial charge in [-0.3, -0.25) is 24.6 Å². The van der Waals surface area contributed by atoms with Gasteiger partial charge in [-0.15, -0.1) is 0 Å². The zero-order valence-corrected chi connectivity index (χ0v) is 16.8. The number of ether oxygens (including phenoxy) is 1. The highest BCUT2D eigenvalue weighted by atomic mass is 19.1. The molecule has 1 heterocycles. The Labute approximate surface area is 178 Å². The number of nitrogens with one attached hydrogen (secondary N) is 2. The molecule has 3 rings (SSSR count). The lowest BCUT2D eigenvalue weighted by Gasteiger charge is -2.33. The standard InChI is InChI=1S/C21H23FN4O5/c22-17-8-7-16(13-18(17)26(29)30)24-21(28)20(27)23-9-4-10-25-11-12-31-19(14-25)15-5-2-1-3-6-15/h1-3,5-8,13,19H,4,9-12,14H2,(H,23,27)(H,24,28). The van der Waals surface area contributed by atoms with Crippen LogP contribution in [0.5, 0.6) is 0 Å². The van der Waals surface area contributed by atoms with Gasteiger partial charge < -0.3 is 15.4 Å². The molecular weight excluding hydrogens is 407 g/mol. The lowest BCUT2D eigenvalue weighted by atomic mass is 10.1. The number of benzene rings is 2. The monoisotopic (exact) mass is 430 g/mol. The summed E-state index contributed by atoms with van der Waals surface area (Å²) in [5.41, 5.74) is 0.309. The molecule has 2 N–H and O–H groups in total. The van der Waals surface area contributed by atoms with Gasteiger partial charge in [0.15, 0.2) is 0 Å². The molecule has 1 aliphatic rings. The molecule has 2 amide bonds. The number of carbonyl (C=O) groups excluding carboxylic acids is 2. The molecule has 1 atom stereocenters. The average molecular weight is 430 g/mol. The first-order chi connectivity index (χ1) is 14.9. The maximum atomic E-state index is 13.4. The van der Waals surface area contributed by atoms with Crippen LogP contribution in [-0.4, -0.2) is 54.4 Å². The number of hydrogen-bond acceptors (Lipinski definition) is 6. The minimum atomic E-state index is -1.02. The zero-order valence-electron chi connectivity index (χ0n) is 16.8. The molecule has 0 bridgehead atoms. The molecule has 0 aromatic heterocycles. The fraction of sp³-hybridized carbons (Fsp3) is 0.333. The Morgan fingerprint density at radius 1 is 1.19 bits per heavy atom. The third kappa shape index (κ3) is 6.30. The van der Waals surface area contributed by atoms with Crippen LogP contribution in [0.15, 0.2) is 48.5 Å². The molecule has 31 heavy (non-hydrogen) atoms. The second kappa shape index (κ2) is 10.6. The van der Waals surface area contributed by atoms with Crippen LogP contribution in [0, 0.1) is 15.9 Å². The van der Waals surface area contributed by atoms with E-state index in [2.05, 4.69) is 15.5 Å². The van der Waals surface area contributed by atoms with Crippen LogP contribution in [-0.2, 0) is 14.3 Å². The van der Waals surface area contributed by atoms with Crippen molar-refractivity contribution in [1.82, 2.24) is 10.2 Å². The van der Waals surface area contributed by atoms with E-state index in [9.17, 15) is 24.1 Å². The van der Waals surface area contributed by atoms with Crippen molar-refractivity contribution < 1.29 is 23.6 Å². The molecule has 1 aliphatic heterocycles. The normalized spacial score (nSPS) is 16.5. The maximum Gasteiger partial charge on any atom is 0.313 e. The van der Waals surface area contributed by atoms with Crippen molar-refractivity contribution in [2.45, 2.75) is 12.5 Å². The average Bonchev–Trinajstić information content (AvgIpc) is 2.78. The van der Waals surface area contributed by atoms with Gasteiger partial charge in [0.05, 0.1) is 17.6 Å². The van der Waals surface area contributed by atoms with Gasteiger partial charge in [-0.1, -0.05) is 30.3 Å². The van der Waals surface area contributed by atoms with Crippen LogP contribution in [0.4, 0.5) is 15.8 Å². The number of nitro benzene ring substituents is 1. The molecule has 0 aliphatic carbocycles. The van der Waals surface area contributed by atoms with Crippen molar-refractivity contribution in [3.8, 4) is 0 Å². The molecule has 2 aromatic rings. The van der Waals surface area contributed by atoms with Crippen molar-refractivity contribution in [2.24, 2.45) is 0 Å². The highest BCUT2D eigenvalue weighted by Gasteiger charge is 2.22. The van der Waals surface area contributed by atoms with Gasteiger partial charge in [-0.05, 0) is 24.1 Å². The Bertz CT molecular complexity index is 941. The summed E-state index contributed by atoms with van der Waals surface area (Å²) in [5, 5.41) is 15.5. The minimum absolute atomic E-state index is 0.00934. The van der Waals surface area contributed by atoms with Crippen molar-refractivity contribution >= 4 is 23.2 Å². The summed E-state index contributed by atoms with van der Waals surface area (Å²) in [7, 11) is 0. The third-order valence-corrected chi connectivity index (χ3v) is 4.87. The SMILES string of the molecule is O=C(NCCCN1CCOC(c2ccccc2)C1)C(=O)Nc1ccc(F)c([N+](=O)[O-])c1. The Morgan fingerprint density at radius 3 is 2.71 bits per heavy atom. The number of hydrogen-bond donors (Lipinski definition) is 2. The molecule has 1 unspecified atom stereocenters. The van der Waals surface area contributed by atoms with Crippen molar-refractivity contribution in [1.29, 1.82) is 0 Å². The summed E-state index contributed by atoms with van der Waals surface area (Å²) < 4.78 is 19.2. The fourth-order valence-corrected chi connectivity index (χ4v) is 3.28. The summed E-state index contributed by atoms with van der Waals surface area (Å²) in [6.45, 7) is 3.20. The van der Waals surface area contributed by atoms with Gasteiger partial charge in [-0.2, -0.15) is 4.39 Å². The van der Waals surface area contributed by atoms with E-state index in [-0.39, 0.29) is 11.8 Å². The molecule has 164 valence electrons.